The van der Waals surface area contributed by atoms with E-state index >= 15 is 0 Å². The summed E-state index contributed by atoms with van der Waals surface area (Å²) in [5.41, 5.74) is 0.280. The summed E-state index contributed by atoms with van der Waals surface area (Å²) in [5.74, 6) is 2.81. The first-order chi connectivity index (χ1) is 5.35. The van der Waals surface area contributed by atoms with E-state index in [0.29, 0.717) is 0 Å². The normalized spacial score (nSPS) is 24.6. The van der Waals surface area contributed by atoms with Crippen LogP contribution < -0.4 is 0 Å². The molecular weight excluding hydrogens is 148 g/mol. The van der Waals surface area contributed by atoms with Crippen molar-refractivity contribution < 1.29 is 4.79 Å². The highest BCUT2D eigenvalue weighted by atomic mass is 16.1. The highest BCUT2D eigenvalue weighted by Gasteiger charge is 2.67. The standard InChI is InChI=1S/C11H16O/c1-6-7-8(12)9-10(2,3)11(9,4)5/h1,9H,7H2,2-5H3. The molecule has 1 aliphatic carbocycles. The van der Waals surface area contributed by atoms with E-state index in [1.165, 1.54) is 0 Å². The molecule has 0 bridgehead atoms. The van der Waals surface area contributed by atoms with Gasteiger partial charge in [0.15, 0.2) is 0 Å². The molecule has 1 nitrogen and oxygen atoms in total. The maximum atomic E-state index is 11.5. The van der Waals surface area contributed by atoms with Crippen LogP contribution in [0.4, 0.5) is 0 Å². The largest absolute Gasteiger partial charge is 0.298 e. The van der Waals surface area contributed by atoms with Gasteiger partial charge in [0.05, 0.1) is 6.42 Å². The summed E-state index contributed by atoms with van der Waals surface area (Å²) >= 11 is 0. The van der Waals surface area contributed by atoms with Crippen LogP contribution >= 0.6 is 0 Å². The SMILES string of the molecule is C#CCC(=O)C1C(C)(C)C1(C)C. The Morgan fingerprint density at radius 2 is 1.75 bits per heavy atom. The lowest BCUT2D eigenvalue weighted by Crippen LogP contribution is -2.05. The average Bonchev–Trinajstić information content (AvgIpc) is 2.24. The van der Waals surface area contributed by atoms with Gasteiger partial charge in [-0.3, -0.25) is 4.79 Å². The molecule has 0 amide bonds. The number of ketones is 1. The van der Waals surface area contributed by atoms with Crippen LogP contribution in [-0.4, -0.2) is 5.78 Å². The second-order valence-electron chi connectivity index (χ2n) is 4.72. The summed E-state index contributed by atoms with van der Waals surface area (Å²) in [7, 11) is 0. The van der Waals surface area contributed by atoms with Gasteiger partial charge in [-0.2, -0.15) is 0 Å². The third-order valence-corrected chi connectivity index (χ3v) is 3.62. The van der Waals surface area contributed by atoms with Crippen LogP contribution in [-0.2, 0) is 4.79 Å². The summed E-state index contributed by atoms with van der Waals surface area (Å²) in [6.07, 6.45) is 5.39. The van der Waals surface area contributed by atoms with Gasteiger partial charge in [0.25, 0.3) is 0 Å². The van der Waals surface area contributed by atoms with Gasteiger partial charge in [-0.25, -0.2) is 0 Å². The second kappa shape index (κ2) is 2.36. The first-order valence-electron chi connectivity index (χ1n) is 4.32. The van der Waals surface area contributed by atoms with Crippen molar-refractivity contribution in [2.75, 3.05) is 0 Å². The molecule has 1 rings (SSSR count). The van der Waals surface area contributed by atoms with E-state index < -0.39 is 0 Å². The first-order valence-corrected chi connectivity index (χ1v) is 4.32. The van der Waals surface area contributed by atoms with Gasteiger partial charge in [-0.15, -0.1) is 6.42 Å². The fourth-order valence-electron chi connectivity index (χ4n) is 2.20. The van der Waals surface area contributed by atoms with Crippen molar-refractivity contribution in [1.29, 1.82) is 0 Å². The minimum Gasteiger partial charge on any atom is -0.298 e. The van der Waals surface area contributed by atoms with Crippen LogP contribution in [0.5, 0.6) is 0 Å². The molecule has 1 aliphatic rings. The molecule has 0 aromatic heterocycles. The molecule has 12 heavy (non-hydrogen) atoms. The fraction of sp³-hybridized carbons (Fsp3) is 0.727. The number of carbonyl (C=O) groups is 1. The van der Waals surface area contributed by atoms with Crippen molar-refractivity contribution in [2.24, 2.45) is 16.7 Å². The number of Topliss-reactive ketones (excluding diaryl/α,β-unsaturated/α-hetero) is 1. The van der Waals surface area contributed by atoms with E-state index in [-0.39, 0.29) is 29.0 Å². The van der Waals surface area contributed by atoms with Crippen molar-refractivity contribution in [3.05, 3.63) is 0 Å². The van der Waals surface area contributed by atoms with Crippen molar-refractivity contribution in [3.8, 4) is 12.3 Å². The first kappa shape index (κ1) is 9.32. The predicted molar refractivity (Wildman–Crippen MR) is 49.5 cm³/mol. The molecule has 1 fully saturated rings. The maximum Gasteiger partial charge on any atom is 0.148 e. The third kappa shape index (κ3) is 0.982. The van der Waals surface area contributed by atoms with Crippen LogP contribution in [0.1, 0.15) is 34.1 Å². The van der Waals surface area contributed by atoms with E-state index in [2.05, 4.69) is 33.6 Å². The van der Waals surface area contributed by atoms with Crippen LogP contribution in [0.3, 0.4) is 0 Å². The molecule has 0 heterocycles. The van der Waals surface area contributed by atoms with Gasteiger partial charge in [0, 0.05) is 5.92 Å². The Bertz CT molecular complexity index is 239. The summed E-state index contributed by atoms with van der Waals surface area (Å²) in [5, 5.41) is 0. The summed E-state index contributed by atoms with van der Waals surface area (Å²) in [6, 6.07) is 0. The highest BCUT2D eigenvalue weighted by Crippen LogP contribution is 2.68. The van der Waals surface area contributed by atoms with Gasteiger partial charge in [0.1, 0.15) is 5.78 Å². The molecule has 1 saturated carbocycles. The molecule has 0 aromatic rings. The van der Waals surface area contributed by atoms with Gasteiger partial charge in [-0.05, 0) is 10.8 Å². The highest BCUT2D eigenvalue weighted by molar-refractivity contribution is 5.87. The number of hydrogen-bond acceptors (Lipinski definition) is 1. The molecule has 0 unspecified atom stereocenters. The maximum absolute atomic E-state index is 11.5. The van der Waals surface area contributed by atoms with Crippen molar-refractivity contribution >= 4 is 5.78 Å². The van der Waals surface area contributed by atoms with E-state index in [4.69, 9.17) is 6.42 Å². The lowest BCUT2D eigenvalue weighted by atomic mass is 10.0. The Balaban J connectivity index is 2.72. The Morgan fingerprint density at radius 3 is 2.00 bits per heavy atom. The van der Waals surface area contributed by atoms with Gasteiger partial charge in [-0.1, -0.05) is 33.6 Å². The third-order valence-electron chi connectivity index (χ3n) is 3.62. The quantitative estimate of drug-likeness (QED) is 0.572. The molecule has 0 N–H and O–H groups in total. The Kier molecular flexibility index (Phi) is 1.83. The number of hydrogen-bond donors (Lipinski definition) is 0. The topological polar surface area (TPSA) is 17.1 Å². The summed E-state index contributed by atoms with van der Waals surface area (Å²) in [4.78, 5) is 11.5. The number of terminal acetylenes is 1. The molecule has 0 aliphatic heterocycles. The second-order valence-corrected chi connectivity index (χ2v) is 4.72. The number of carbonyl (C=O) groups excluding carboxylic acids is 1. The molecule has 1 heteroatoms. The minimum absolute atomic E-state index is 0.140. The molecule has 0 saturated heterocycles. The molecule has 0 radical (unpaired) electrons. The zero-order valence-electron chi connectivity index (χ0n) is 8.27. The predicted octanol–water partition coefficient (Wildman–Crippen LogP) is 2.26. The molecule has 0 atom stereocenters. The van der Waals surface area contributed by atoms with Gasteiger partial charge < -0.3 is 0 Å². The molecule has 66 valence electrons. The minimum atomic E-state index is 0.140. The number of rotatable bonds is 2. The fourth-order valence-corrected chi connectivity index (χ4v) is 2.20. The van der Waals surface area contributed by atoms with Crippen molar-refractivity contribution in [2.45, 2.75) is 34.1 Å². The van der Waals surface area contributed by atoms with E-state index in [9.17, 15) is 4.79 Å². The zero-order chi connectivity index (χ0) is 9.57. The smallest absolute Gasteiger partial charge is 0.148 e. The van der Waals surface area contributed by atoms with Crippen LogP contribution in [0.25, 0.3) is 0 Å². The lowest BCUT2D eigenvalue weighted by Gasteiger charge is -2.03. The average molecular weight is 164 g/mol. The Labute approximate surface area is 74.5 Å². The van der Waals surface area contributed by atoms with E-state index in [1.54, 1.807) is 0 Å². The van der Waals surface area contributed by atoms with Gasteiger partial charge >= 0.3 is 0 Å². The monoisotopic (exact) mass is 164 g/mol. The van der Waals surface area contributed by atoms with E-state index in [0.717, 1.165) is 0 Å². The zero-order valence-corrected chi connectivity index (χ0v) is 8.27. The lowest BCUT2D eigenvalue weighted by molar-refractivity contribution is -0.120. The van der Waals surface area contributed by atoms with Crippen molar-refractivity contribution in [1.82, 2.24) is 0 Å². The Hall–Kier alpha value is -0.770. The molecular formula is C11H16O. The van der Waals surface area contributed by atoms with Crippen LogP contribution in [0.15, 0.2) is 0 Å². The molecule has 0 aromatic carbocycles. The van der Waals surface area contributed by atoms with Crippen LogP contribution in [0.2, 0.25) is 0 Å². The van der Waals surface area contributed by atoms with E-state index in [1.807, 2.05) is 0 Å². The summed E-state index contributed by atoms with van der Waals surface area (Å²) in [6.45, 7) is 8.52. The molecule has 0 spiro atoms. The van der Waals surface area contributed by atoms with Crippen LogP contribution in [0, 0.1) is 29.1 Å². The van der Waals surface area contributed by atoms with Gasteiger partial charge in [0.2, 0.25) is 0 Å². The Morgan fingerprint density at radius 1 is 1.33 bits per heavy atom. The summed E-state index contributed by atoms with van der Waals surface area (Å²) < 4.78 is 0. The van der Waals surface area contributed by atoms with Crippen molar-refractivity contribution in [3.63, 3.8) is 0 Å².